The van der Waals surface area contributed by atoms with Crippen LogP contribution in [0.5, 0.6) is 0 Å². The zero-order chi connectivity index (χ0) is 13.1. The number of imidazole rings is 1. The average Bonchev–Trinajstić information content (AvgIpc) is 2.60. The zero-order valence-corrected chi connectivity index (χ0v) is 11.5. The van der Waals surface area contributed by atoms with Gasteiger partial charge in [0.05, 0.1) is 11.9 Å². The first-order chi connectivity index (χ1) is 7.87. The number of nitrogens with zero attached hydrogens (tertiary/aromatic N) is 3. The molecule has 0 spiro atoms. The van der Waals surface area contributed by atoms with Crippen LogP contribution in [-0.4, -0.2) is 41.9 Å². The number of aliphatic hydroxyl groups excluding tert-OH is 1. The van der Waals surface area contributed by atoms with Crippen molar-refractivity contribution in [3.8, 4) is 0 Å². The van der Waals surface area contributed by atoms with E-state index in [2.05, 4.69) is 14.9 Å². The fourth-order valence-electron chi connectivity index (χ4n) is 1.60. The van der Waals surface area contributed by atoms with E-state index in [-0.39, 0.29) is 12.0 Å². The van der Waals surface area contributed by atoms with Gasteiger partial charge in [-0.1, -0.05) is 13.8 Å². The summed E-state index contributed by atoms with van der Waals surface area (Å²) in [5.41, 5.74) is 1.06. The maximum absolute atomic E-state index is 9.16. The summed E-state index contributed by atoms with van der Waals surface area (Å²) in [7, 11) is 5.97. The quantitative estimate of drug-likeness (QED) is 0.764. The highest BCUT2D eigenvalue weighted by molar-refractivity contribution is 5.30. The summed E-state index contributed by atoms with van der Waals surface area (Å²) in [6.45, 7) is 5.81. The van der Waals surface area contributed by atoms with Crippen molar-refractivity contribution in [2.45, 2.75) is 20.4 Å². The minimum absolute atomic E-state index is 0.0804. The van der Waals surface area contributed by atoms with Gasteiger partial charge in [-0.2, -0.15) is 0 Å². The van der Waals surface area contributed by atoms with E-state index in [0.29, 0.717) is 0 Å². The lowest BCUT2D eigenvalue weighted by atomic mass is 9.95. The van der Waals surface area contributed by atoms with Gasteiger partial charge in [0.15, 0.2) is 0 Å². The van der Waals surface area contributed by atoms with Crippen molar-refractivity contribution in [1.29, 1.82) is 0 Å². The minimum Gasteiger partial charge on any atom is -0.396 e. The van der Waals surface area contributed by atoms with Crippen LogP contribution in [0.15, 0.2) is 6.20 Å². The van der Waals surface area contributed by atoms with Gasteiger partial charge >= 0.3 is 0 Å². The van der Waals surface area contributed by atoms with Crippen LogP contribution < -0.4 is 10.2 Å². The predicted molar refractivity (Wildman–Crippen MR) is 70.1 cm³/mol. The van der Waals surface area contributed by atoms with E-state index < -0.39 is 0 Å². The fourth-order valence-corrected chi connectivity index (χ4v) is 1.60. The van der Waals surface area contributed by atoms with Crippen LogP contribution in [0.25, 0.3) is 0 Å². The highest BCUT2D eigenvalue weighted by atomic mass is 16.3. The van der Waals surface area contributed by atoms with E-state index in [9.17, 15) is 0 Å². The Balaban J connectivity index is 2.53. The fraction of sp³-hybridized carbons (Fsp3) is 0.750. The lowest BCUT2D eigenvalue weighted by Crippen LogP contribution is -2.32. The summed E-state index contributed by atoms with van der Waals surface area (Å²) < 4.78 is 2.07. The third-order valence-electron chi connectivity index (χ3n) is 2.80. The summed E-state index contributed by atoms with van der Waals surface area (Å²) in [6.07, 6.45) is 1.88. The number of anilines is 1. The molecule has 0 amide bonds. The van der Waals surface area contributed by atoms with Gasteiger partial charge in [-0.15, -0.1) is 0 Å². The summed E-state index contributed by atoms with van der Waals surface area (Å²) >= 11 is 0. The second-order valence-corrected chi connectivity index (χ2v) is 5.43. The molecule has 17 heavy (non-hydrogen) atoms. The van der Waals surface area contributed by atoms with Crippen molar-refractivity contribution in [3.05, 3.63) is 11.9 Å². The Morgan fingerprint density at radius 2 is 2.12 bits per heavy atom. The van der Waals surface area contributed by atoms with Gasteiger partial charge in [-0.05, 0) is 0 Å². The molecule has 0 unspecified atom stereocenters. The molecule has 0 fully saturated rings. The van der Waals surface area contributed by atoms with Crippen molar-refractivity contribution in [2.75, 3.05) is 32.1 Å². The van der Waals surface area contributed by atoms with E-state index in [1.54, 1.807) is 0 Å². The standard InChI is InChI=1S/C12H24N4O/c1-12(2,9-17)8-13-6-10-7-14-11(15(3)4)16(10)5/h7,13,17H,6,8-9H2,1-5H3. The largest absolute Gasteiger partial charge is 0.396 e. The molecule has 98 valence electrons. The maximum atomic E-state index is 9.16. The molecule has 0 radical (unpaired) electrons. The van der Waals surface area contributed by atoms with Crippen LogP contribution in [0.4, 0.5) is 5.95 Å². The van der Waals surface area contributed by atoms with Gasteiger partial charge in [-0.3, -0.25) is 0 Å². The highest BCUT2D eigenvalue weighted by Crippen LogP contribution is 2.13. The molecule has 0 aliphatic rings. The molecule has 0 aromatic carbocycles. The summed E-state index contributed by atoms with van der Waals surface area (Å²) in [4.78, 5) is 6.34. The van der Waals surface area contributed by atoms with Crippen molar-refractivity contribution in [1.82, 2.24) is 14.9 Å². The zero-order valence-electron chi connectivity index (χ0n) is 11.5. The van der Waals surface area contributed by atoms with Gasteiger partial charge in [0, 0.05) is 46.3 Å². The third-order valence-corrected chi connectivity index (χ3v) is 2.80. The molecule has 0 aliphatic carbocycles. The number of rotatable bonds is 6. The SMILES string of the molecule is CN(C)c1ncc(CNCC(C)(C)CO)n1C. The molecule has 1 heterocycles. The first kappa shape index (κ1) is 14.0. The number of hydrogen-bond acceptors (Lipinski definition) is 4. The molecular weight excluding hydrogens is 216 g/mol. The Kier molecular flexibility index (Phi) is 4.54. The smallest absolute Gasteiger partial charge is 0.204 e. The number of aliphatic hydroxyl groups is 1. The van der Waals surface area contributed by atoms with Crippen molar-refractivity contribution < 1.29 is 5.11 Å². The third kappa shape index (κ3) is 3.71. The van der Waals surface area contributed by atoms with Gasteiger partial charge in [-0.25, -0.2) is 4.98 Å². The second kappa shape index (κ2) is 5.51. The molecule has 0 saturated heterocycles. The maximum Gasteiger partial charge on any atom is 0.204 e. The lowest BCUT2D eigenvalue weighted by molar-refractivity contribution is 0.156. The first-order valence-electron chi connectivity index (χ1n) is 5.87. The Labute approximate surface area is 103 Å². The summed E-state index contributed by atoms with van der Waals surface area (Å²) in [5.74, 6) is 0.947. The second-order valence-electron chi connectivity index (χ2n) is 5.43. The van der Waals surface area contributed by atoms with Crippen molar-refractivity contribution in [3.63, 3.8) is 0 Å². The molecule has 0 atom stereocenters. The molecule has 0 aliphatic heterocycles. The number of aromatic nitrogens is 2. The molecule has 1 aromatic heterocycles. The van der Waals surface area contributed by atoms with Crippen molar-refractivity contribution >= 4 is 5.95 Å². The van der Waals surface area contributed by atoms with Crippen LogP contribution in [0, 0.1) is 5.41 Å². The number of nitrogens with one attached hydrogen (secondary N) is 1. The minimum atomic E-state index is -0.0804. The van der Waals surface area contributed by atoms with Gasteiger partial charge in [0.25, 0.3) is 0 Å². The predicted octanol–water partition coefficient (Wildman–Crippen LogP) is 0.594. The van der Waals surface area contributed by atoms with Gasteiger partial charge < -0.3 is 19.9 Å². The summed E-state index contributed by atoms with van der Waals surface area (Å²) in [6, 6.07) is 0. The summed E-state index contributed by atoms with van der Waals surface area (Å²) in [5, 5.41) is 12.5. The molecule has 5 heteroatoms. The monoisotopic (exact) mass is 240 g/mol. The van der Waals surface area contributed by atoms with Crippen LogP contribution in [0.1, 0.15) is 19.5 Å². The van der Waals surface area contributed by atoms with E-state index >= 15 is 0 Å². The topological polar surface area (TPSA) is 53.3 Å². The molecular formula is C12H24N4O. The molecule has 1 aromatic rings. The molecule has 0 bridgehead atoms. The Bertz CT molecular complexity index is 357. The van der Waals surface area contributed by atoms with Crippen molar-refractivity contribution in [2.24, 2.45) is 12.5 Å². The van der Waals surface area contributed by atoms with E-state index in [1.165, 1.54) is 0 Å². The van der Waals surface area contributed by atoms with E-state index in [1.807, 2.05) is 46.1 Å². The lowest BCUT2D eigenvalue weighted by Gasteiger charge is -2.22. The molecule has 2 N–H and O–H groups in total. The Morgan fingerprint density at radius 3 is 2.59 bits per heavy atom. The Morgan fingerprint density at radius 1 is 1.47 bits per heavy atom. The average molecular weight is 240 g/mol. The van der Waals surface area contributed by atoms with Crippen LogP contribution in [0.3, 0.4) is 0 Å². The molecule has 0 saturated carbocycles. The van der Waals surface area contributed by atoms with E-state index in [0.717, 1.165) is 24.7 Å². The van der Waals surface area contributed by atoms with Gasteiger partial charge in [0.2, 0.25) is 5.95 Å². The highest BCUT2D eigenvalue weighted by Gasteiger charge is 2.16. The first-order valence-corrected chi connectivity index (χ1v) is 5.87. The van der Waals surface area contributed by atoms with Crippen LogP contribution >= 0.6 is 0 Å². The van der Waals surface area contributed by atoms with Gasteiger partial charge in [0.1, 0.15) is 0 Å². The van der Waals surface area contributed by atoms with Crippen LogP contribution in [-0.2, 0) is 13.6 Å². The molecule has 5 nitrogen and oxygen atoms in total. The normalized spacial score (nSPS) is 11.9. The van der Waals surface area contributed by atoms with Crippen LogP contribution in [0.2, 0.25) is 0 Å². The molecule has 1 rings (SSSR count). The van der Waals surface area contributed by atoms with E-state index in [4.69, 9.17) is 5.11 Å². The number of hydrogen-bond donors (Lipinski definition) is 2. The Hall–Kier alpha value is -1.07.